The summed E-state index contributed by atoms with van der Waals surface area (Å²) in [6.45, 7) is 6.93. The van der Waals surface area contributed by atoms with E-state index < -0.39 is 11.6 Å². The summed E-state index contributed by atoms with van der Waals surface area (Å²) in [6, 6.07) is 10.00. The number of ether oxygens (including phenoxy) is 1. The van der Waals surface area contributed by atoms with Crippen molar-refractivity contribution in [1.29, 1.82) is 0 Å². The molecular formula is C15H21NO3. The minimum Gasteiger partial charge on any atom is -0.465 e. The highest BCUT2D eigenvalue weighted by Gasteiger charge is 2.38. The van der Waals surface area contributed by atoms with Gasteiger partial charge in [-0.2, -0.15) is 0 Å². The molecule has 1 aromatic carbocycles. The molecule has 0 saturated carbocycles. The van der Waals surface area contributed by atoms with Gasteiger partial charge in [-0.15, -0.1) is 0 Å². The van der Waals surface area contributed by atoms with E-state index in [0.29, 0.717) is 6.54 Å². The van der Waals surface area contributed by atoms with E-state index in [9.17, 15) is 9.90 Å². The third-order valence-corrected chi connectivity index (χ3v) is 3.46. The van der Waals surface area contributed by atoms with E-state index in [1.807, 2.05) is 51.1 Å². The lowest BCUT2D eigenvalue weighted by Crippen LogP contribution is -2.47. The van der Waals surface area contributed by atoms with Gasteiger partial charge in [-0.1, -0.05) is 30.3 Å². The van der Waals surface area contributed by atoms with Crippen LogP contribution in [0, 0.1) is 0 Å². The summed E-state index contributed by atoms with van der Waals surface area (Å²) >= 11 is 0. The Bertz CT molecular complexity index is 434. The third-order valence-electron chi connectivity index (χ3n) is 3.46. The largest absolute Gasteiger partial charge is 0.465 e. The molecule has 1 N–H and O–H groups in total. The predicted molar refractivity (Wildman–Crippen MR) is 73.4 cm³/mol. The first kappa shape index (κ1) is 13.9. The summed E-state index contributed by atoms with van der Waals surface area (Å²) in [4.78, 5) is 12.9. The van der Waals surface area contributed by atoms with E-state index in [1.165, 1.54) is 4.90 Å². The molecule has 1 heterocycles. The number of hydrogen-bond acceptors (Lipinski definition) is 2. The first-order valence-electron chi connectivity index (χ1n) is 6.56. The topological polar surface area (TPSA) is 53.1 Å². The van der Waals surface area contributed by atoms with E-state index in [2.05, 4.69) is 0 Å². The maximum absolute atomic E-state index is 11.4. The van der Waals surface area contributed by atoms with Gasteiger partial charge >= 0.3 is 6.09 Å². The smallest absolute Gasteiger partial charge is 0.407 e. The van der Waals surface area contributed by atoms with Gasteiger partial charge in [-0.05, 0) is 26.3 Å². The number of amides is 1. The van der Waals surface area contributed by atoms with Crippen LogP contribution in [0.4, 0.5) is 4.79 Å². The van der Waals surface area contributed by atoms with Crippen LogP contribution in [-0.2, 0) is 4.74 Å². The molecule has 0 aromatic heterocycles. The molecule has 2 atom stereocenters. The van der Waals surface area contributed by atoms with Crippen LogP contribution in [0.1, 0.15) is 32.3 Å². The molecule has 4 nitrogen and oxygen atoms in total. The minimum atomic E-state index is -0.880. The molecule has 0 spiro atoms. The SMILES string of the molecule is CC(C)(C)N(C[C@H](c1ccccc1)C1CO1)C(=O)O. The Morgan fingerprint density at radius 2 is 2.00 bits per heavy atom. The van der Waals surface area contributed by atoms with Gasteiger partial charge < -0.3 is 14.7 Å². The zero-order chi connectivity index (χ0) is 14.0. The average Bonchev–Trinajstić information content (AvgIpc) is 3.13. The molecule has 1 aliphatic heterocycles. The highest BCUT2D eigenvalue weighted by Crippen LogP contribution is 2.32. The van der Waals surface area contributed by atoms with E-state index in [-0.39, 0.29) is 12.0 Å². The Kier molecular flexibility index (Phi) is 3.80. The molecule has 1 aromatic rings. The van der Waals surface area contributed by atoms with Crippen LogP contribution in [0.5, 0.6) is 0 Å². The van der Waals surface area contributed by atoms with Gasteiger partial charge in [0.25, 0.3) is 0 Å². The van der Waals surface area contributed by atoms with Crippen LogP contribution in [-0.4, -0.2) is 40.9 Å². The van der Waals surface area contributed by atoms with Crippen molar-refractivity contribution < 1.29 is 14.6 Å². The van der Waals surface area contributed by atoms with Crippen molar-refractivity contribution in [2.75, 3.05) is 13.2 Å². The number of carbonyl (C=O) groups is 1. The number of hydrogen-bond donors (Lipinski definition) is 1. The van der Waals surface area contributed by atoms with E-state index in [1.54, 1.807) is 0 Å². The monoisotopic (exact) mass is 263 g/mol. The molecule has 1 saturated heterocycles. The van der Waals surface area contributed by atoms with Crippen LogP contribution in [0.3, 0.4) is 0 Å². The van der Waals surface area contributed by atoms with Gasteiger partial charge in [0.1, 0.15) is 0 Å². The van der Waals surface area contributed by atoms with Gasteiger partial charge in [-0.3, -0.25) is 0 Å². The van der Waals surface area contributed by atoms with Gasteiger partial charge in [0.2, 0.25) is 0 Å². The van der Waals surface area contributed by atoms with Crippen LogP contribution >= 0.6 is 0 Å². The fraction of sp³-hybridized carbons (Fsp3) is 0.533. The Morgan fingerprint density at radius 1 is 1.42 bits per heavy atom. The molecule has 104 valence electrons. The molecule has 19 heavy (non-hydrogen) atoms. The number of carboxylic acid groups (broad SMARTS) is 1. The molecule has 1 unspecified atom stereocenters. The fourth-order valence-electron chi connectivity index (χ4n) is 2.26. The van der Waals surface area contributed by atoms with E-state index in [0.717, 1.165) is 12.2 Å². The fourth-order valence-corrected chi connectivity index (χ4v) is 2.26. The molecule has 1 aliphatic rings. The number of rotatable bonds is 4. The number of benzene rings is 1. The minimum absolute atomic E-state index is 0.108. The molecular weight excluding hydrogens is 242 g/mol. The zero-order valence-electron chi connectivity index (χ0n) is 11.7. The zero-order valence-corrected chi connectivity index (χ0v) is 11.7. The Labute approximate surface area is 114 Å². The lowest BCUT2D eigenvalue weighted by molar-refractivity contribution is 0.0932. The first-order valence-corrected chi connectivity index (χ1v) is 6.56. The standard InChI is InChI=1S/C15H21NO3/c1-15(2,3)16(14(17)18)9-12(13-10-19-13)11-7-5-4-6-8-11/h4-8,12-13H,9-10H2,1-3H3,(H,17,18)/t12-,13?/m1/s1. The second-order valence-corrected chi connectivity index (χ2v) is 5.95. The highest BCUT2D eigenvalue weighted by atomic mass is 16.6. The molecule has 0 radical (unpaired) electrons. The van der Waals surface area contributed by atoms with E-state index in [4.69, 9.17) is 4.74 Å². The summed E-state index contributed by atoms with van der Waals surface area (Å²) in [5.41, 5.74) is 0.730. The lowest BCUT2D eigenvalue weighted by Gasteiger charge is -2.35. The second kappa shape index (κ2) is 5.21. The molecule has 4 heteroatoms. The second-order valence-electron chi connectivity index (χ2n) is 5.95. The molecule has 0 aliphatic carbocycles. The Balaban J connectivity index is 2.19. The van der Waals surface area contributed by atoms with E-state index >= 15 is 0 Å². The number of nitrogens with zero attached hydrogens (tertiary/aromatic N) is 1. The molecule has 2 rings (SSSR count). The van der Waals surface area contributed by atoms with Crippen molar-refractivity contribution in [3.05, 3.63) is 35.9 Å². The average molecular weight is 263 g/mol. The van der Waals surface area contributed by atoms with Gasteiger partial charge in [0.05, 0.1) is 12.7 Å². The summed E-state index contributed by atoms with van der Waals surface area (Å²) < 4.78 is 5.40. The first-order chi connectivity index (χ1) is 8.89. The lowest BCUT2D eigenvalue weighted by atomic mass is 9.93. The van der Waals surface area contributed by atoms with Crippen LogP contribution in [0.15, 0.2) is 30.3 Å². The molecule has 0 bridgehead atoms. The maximum Gasteiger partial charge on any atom is 0.407 e. The van der Waals surface area contributed by atoms with Crippen molar-refractivity contribution in [2.45, 2.75) is 38.3 Å². The molecule has 1 fully saturated rings. The van der Waals surface area contributed by atoms with Crippen LogP contribution in [0.25, 0.3) is 0 Å². The normalized spacial score (nSPS) is 19.8. The van der Waals surface area contributed by atoms with Crippen molar-refractivity contribution in [3.63, 3.8) is 0 Å². The summed E-state index contributed by atoms with van der Waals surface area (Å²) in [5.74, 6) is 0.108. The van der Waals surface area contributed by atoms with Crippen molar-refractivity contribution >= 4 is 6.09 Å². The summed E-state index contributed by atoms with van der Waals surface area (Å²) in [5, 5.41) is 9.39. The predicted octanol–water partition coefficient (Wildman–Crippen LogP) is 2.95. The summed E-state index contributed by atoms with van der Waals surface area (Å²) in [6.07, 6.45) is -0.735. The van der Waals surface area contributed by atoms with Gasteiger partial charge in [0.15, 0.2) is 0 Å². The third kappa shape index (κ3) is 3.47. The summed E-state index contributed by atoms with van der Waals surface area (Å²) in [7, 11) is 0. The van der Waals surface area contributed by atoms with Crippen molar-refractivity contribution in [3.8, 4) is 0 Å². The van der Waals surface area contributed by atoms with Gasteiger partial charge in [-0.25, -0.2) is 4.79 Å². The van der Waals surface area contributed by atoms with Gasteiger partial charge in [0, 0.05) is 18.0 Å². The van der Waals surface area contributed by atoms with Crippen LogP contribution < -0.4 is 0 Å². The molecule has 1 amide bonds. The number of epoxide rings is 1. The van der Waals surface area contributed by atoms with Crippen molar-refractivity contribution in [2.24, 2.45) is 0 Å². The highest BCUT2D eigenvalue weighted by molar-refractivity contribution is 5.66. The van der Waals surface area contributed by atoms with Crippen molar-refractivity contribution in [1.82, 2.24) is 4.90 Å². The van der Waals surface area contributed by atoms with Crippen LogP contribution in [0.2, 0.25) is 0 Å². The Hall–Kier alpha value is -1.55. The Morgan fingerprint density at radius 3 is 2.42 bits per heavy atom. The quantitative estimate of drug-likeness (QED) is 0.850. The maximum atomic E-state index is 11.4.